The van der Waals surface area contributed by atoms with Crippen molar-refractivity contribution in [2.45, 2.75) is 32.7 Å². The van der Waals surface area contributed by atoms with Crippen LogP contribution in [0.5, 0.6) is 0 Å². The standard InChI is InChI=1S/C13H19NO2/c1-3-11-4-6-12(7-5-11)8-13(16)14-10(2)9-15/h4-7,10,15H,3,8-9H2,1-2H3,(H,14,16). The van der Waals surface area contributed by atoms with Gasteiger partial charge in [0.2, 0.25) is 5.91 Å². The molecule has 1 aromatic carbocycles. The topological polar surface area (TPSA) is 49.3 Å². The Hall–Kier alpha value is -1.35. The Kier molecular flexibility index (Phi) is 4.99. The molecule has 16 heavy (non-hydrogen) atoms. The fourth-order valence-electron chi connectivity index (χ4n) is 1.45. The lowest BCUT2D eigenvalue weighted by molar-refractivity contribution is -0.121. The second kappa shape index (κ2) is 6.28. The Morgan fingerprint density at radius 2 is 1.88 bits per heavy atom. The molecule has 0 heterocycles. The van der Waals surface area contributed by atoms with E-state index >= 15 is 0 Å². The molecular formula is C13H19NO2. The summed E-state index contributed by atoms with van der Waals surface area (Å²) < 4.78 is 0. The molecule has 0 fully saturated rings. The van der Waals surface area contributed by atoms with Crippen LogP contribution in [-0.2, 0) is 17.6 Å². The van der Waals surface area contributed by atoms with E-state index in [0.29, 0.717) is 6.42 Å². The third-order valence-electron chi connectivity index (χ3n) is 2.48. The molecule has 0 spiro atoms. The van der Waals surface area contributed by atoms with Gasteiger partial charge in [-0.25, -0.2) is 0 Å². The number of aliphatic hydroxyl groups is 1. The highest BCUT2D eigenvalue weighted by atomic mass is 16.3. The predicted octanol–water partition coefficient (Wildman–Crippen LogP) is 1.29. The van der Waals surface area contributed by atoms with E-state index in [-0.39, 0.29) is 18.6 Å². The fourth-order valence-corrected chi connectivity index (χ4v) is 1.45. The van der Waals surface area contributed by atoms with Gasteiger partial charge in [0.25, 0.3) is 0 Å². The second-order valence-electron chi connectivity index (χ2n) is 4.00. The Bertz CT molecular complexity index is 332. The van der Waals surface area contributed by atoms with Crippen LogP contribution in [0.1, 0.15) is 25.0 Å². The van der Waals surface area contributed by atoms with Gasteiger partial charge in [-0.15, -0.1) is 0 Å². The summed E-state index contributed by atoms with van der Waals surface area (Å²) in [6, 6.07) is 7.85. The Labute approximate surface area is 96.5 Å². The highest BCUT2D eigenvalue weighted by Crippen LogP contribution is 2.05. The third-order valence-corrected chi connectivity index (χ3v) is 2.48. The van der Waals surface area contributed by atoms with Gasteiger partial charge in [-0.2, -0.15) is 0 Å². The lowest BCUT2D eigenvalue weighted by Gasteiger charge is -2.10. The molecule has 1 unspecified atom stereocenters. The number of aryl methyl sites for hydroxylation is 1. The van der Waals surface area contributed by atoms with Crippen molar-refractivity contribution in [3.05, 3.63) is 35.4 Å². The van der Waals surface area contributed by atoms with Crippen molar-refractivity contribution in [2.75, 3.05) is 6.61 Å². The number of carbonyl (C=O) groups is 1. The van der Waals surface area contributed by atoms with E-state index in [4.69, 9.17) is 5.11 Å². The smallest absolute Gasteiger partial charge is 0.224 e. The minimum Gasteiger partial charge on any atom is -0.394 e. The summed E-state index contributed by atoms with van der Waals surface area (Å²) in [6.07, 6.45) is 1.38. The van der Waals surface area contributed by atoms with Crippen molar-refractivity contribution < 1.29 is 9.90 Å². The first kappa shape index (κ1) is 12.7. The van der Waals surface area contributed by atoms with Crippen molar-refractivity contribution in [2.24, 2.45) is 0 Å². The molecule has 3 heteroatoms. The van der Waals surface area contributed by atoms with E-state index < -0.39 is 0 Å². The Morgan fingerprint density at radius 3 is 2.38 bits per heavy atom. The Balaban J connectivity index is 2.49. The zero-order chi connectivity index (χ0) is 12.0. The number of carbonyl (C=O) groups excluding carboxylic acids is 1. The average Bonchev–Trinajstić information content (AvgIpc) is 2.29. The highest BCUT2D eigenvalue weighted by Gasteiger charge is 2.06. The van der Waals surface area contributed by atoms with Crippen LogP contribution in [-0.4, -0.2) is 23.7 Å². The molecular weight excluding hydrogens is 202 g/mol. The summed E-state index contributed by atoms with van der Waals surface area (Å²) in [7, 11) is 0. The van der Waals surface area contributed by atoms with Crippen molar-refractivity contribution >= 4 is 5.91 Å². The van der Waals surface area contributed by atoms with Crippen molar-refractivity contribution in [1.29, 1.82) is 0 Å². The maximum atomic E-state index is 11.5. The molecule has 0 radical (unpaired) electrons. The number of aliphatic hydroxyl groups excluding tert-OH is 1. The average molecular weight is 221 g/mol. The van der Waals surface area contributed by atoms with Crippen LogP contribution in [0, 0.1) is 0 Å². The van der Waals surface area contributed by atoms with Gasteiger partial charge in [-0.1, -0.05) is 31.2 Å². The van der Waals surface area contributed by atoms with E-state index in [0.717, 1.165) is 12.0 Å². The largest absolute Gasteiger partial charge is 0.394 e. The maximum Gasteiger partial charge on any atom is 0.224 e. The molecule has 88 valence electrons. The molecule has 0 aromatic heterocycles. The molecule has 0 aliphatic heterocycles. The van der Waals surface area contributed by atoms with Crippen LogP contribution in [0.15, 0.2) is 24.3 Å². The first-order valence-corrected chi connectivity index (χ1v) is 5.63. The number of benzene rings is 1. The van der Waals surface area contributed by atoms with Crippen LogP contribution in [0.2, 0.25) is 0 Å². The van der Waals surface area contributed by atoms with Crippen LogP contribution < -0.4 is 5.32 Å². The van der Waals surface area contributed by atoms with E-state index in [1.807, 2.05) is 24.3 Å². The monoisotopic (exact) mass is 221 g/mol. The molecule has 1 rings (SSSR count). The minimum atomic E-state index is -0.178. The lowest BCUT2D eigenvalue weighted by atomic mass is 10.1. The van der Waals surface area contributed by atoms with Crippen molar-refractivity contribution in [1.82, 2.24) is 5.32 Å². The van der Waals surface area contributed by atoms with Gasteiger partial charge >= 0.3 is 0 Å². The minimum absolute atomic E-state index is 0.0273. The molecule has 0 bridgehead atoms. The lowest BCUT2D eigenvalue weighted by Crippen LogP contribution is -2.35. The van der Waals surface area contributed by atoms with Crippen LogP contribution in [0.3, 0.4) is 0 Å². The molecule has 0 saturated carbocycles. The third kappa shape index (κ3) is 4.03. The summed E-state index contributed by atoms with van der Waals surface area (Å²) >= 11 is 0. The number of rotatable bonds is 5. The molecule has 0 aliphatic rings. The van der Waals surface area contributed by atoms with E-state index in [2.05, 4.69) is 12.2 Å². The number of nitrogens with one attached hydrogen (secondary N) is 1. The number of hydrogen-bond acceptors (Lipinski definition) is 2. The summed E-state index contributed by atoms with van der Waals surface area (Å²) in [5.74, 6) is -0.0502. The molecule has 1 atom stereocenters. The molecule has 2 N–H and O–H groups in total. The van der Waals surface area contributed by atoms with E-state index in [9.17, 15) is 4.79 Å². The maximum absolute atomic E-state index is 11.5. The first-order chi connectivity index (χ1) is 7.65. The summed E-state index contributed by atoms with van der Waals surface area (Å²) in [6.45, 7) is 3.85. The van der Waals surface area contributed by atoms with Gasteiger partial charge in [-0.3, -0.25) is 4.79 Å². The molecule has 1 aromatic rings. The summed E-state index contributed by atoms with van der Waals surface area (Å²) in [4.78, 5) is 11.5. The van der Waals surface area contributed by atoms with Crippen LogP contribution in [0.4, 0.5) is 0 Å². The van der Waals surface area contributed by atoms with Crippen molar-refractivity contribution in [3.63, 3.8) is 0 Å². The van der Waals surface area contributed by atoms with Gasteiger partial charge in [0.15, 0.2) is 0 Å². The number of amides is 1. The zero-order valence-electron chi connectivity index (χ0n) is 9.86. The van der Waals surface area contributed by atoms with Gasteiger partial charge in [0.05, 0.1) is 13.0 Å². The predicted molar refractivity (Wildman–Crippen MR) is 64.2 cm³/mol. The Morgan fingerprint density at radius 1 is 1.31 bits per heavy atom. The normalized spacial score (nSPS) is 12.2. The molecule has 0 saturated heterocycles. The summed E-state index contributed by atoms with van der Waals surface area (Å²) in [5.41, 5.74) is 2.27. The SMILES string of the molecule is CCc1ccc(CC(=O)NC(C)CO)cc1. The van der Waals surface area contributed by atoms with Crippen LogP contribution >= 0.6 is 0 Å². The van der Waals surface area contributed by atoms with Gasteiger partial charge in [0, 0.05) is 6.04 Å². The molecule has 1 amide bonds. The summed E-state index contributed by atoms with van der Waals surface area (Å²) in [5, 5.41) is 11.5. The molecule has 3 nitrogen and oxygen atoms in total. The van der Waals surface area contributed by atoms with E-state index in [1.165, 1.54) is 5.56 Å². The first-order valence-electron chi connectivity index (χ1n) is 5.63. The second-order valence-corrected chi connectivity index (χ2v) is 4.00. The van der Waals surface area contributed by atoms with Crippen molar-refractivity contribution in [3.8, 4) is 0 Å². The number of hydrogen-bond donors (Lipinski definition) is 2. The van der Waals surface area contributed by atoms with Gasteiger partial charge < -0.3 is 10.4 Å². The molecule has 0 aliphatic carbocycles. The quantitative estimate of drug-likeness (QED) is 0.787. The van der Waals surface area contributed by atoms with Gasteiger partial charge in [-0.05, 0) is 24.5 Å². The van der Waals surface area contributed by atoms with E-state index in [1.54, 1.807) is 6.92 Å². The van der Waals surface area contributed by atoms with Gasteiger partial charge in [0.1, 0.15) is 0 Å². The fraction of sp³-hybridized carbons (Fsp3) is 0.462. The highest BCUT2D eigenvalue weighted by molar-refractivity contribution is 5.78. The zero-order valence-corrected chi connectivity index (χ0v) is 9.86. The van der Waals surface area contributed by atoms with Crippen LogP contribution in [0.25, 0.3) is 0 Å².